The molecule has 5 heteroatoms. The van der Waals surface area contributed by atoms with E-state index in [1.165, 1.54) is 7.11 Å². The van der Waals surface area contributed by atoms with Crippen LogP contribution in [0.4, 0.5) is 5.69 Å². The minimum atomic E-state index is -0.448. The Balaban J connectivity index is 2.59. The van der Waals surface area contributed by atoms with Gasteiger partial charge in [-0.05, 0) is 18.6 Å². The maximum atomic E-state index is 11.9. The summed E-state index contributed by atoms with van der Waals surface area (Å²) in [5, 5.41) is 2.83. The number of anilines is 1. The van der Waals surface area contributed by atoms with Gasteiger partial charge in [0.2, 0.25) is 5.91 Å². The fourth-order valence-corrected chi connectivity index (χ4v) is 1.69. The van der Waals surface area contributed by atoms with E-state index in [9.17, 15) is 9.59 Å². The van der Waals surface area contributed by atoms with E-state index in [4.69, 9.17) is 4.74 Å². The second-order valence-electron chi connectivity index (χ2n) is 4.57. The van der Waals surface area contributed by atoms with Crippen LogP contribution in [-0.4, -0.2) is 25.6 Å². The van der Waals surface area contributed by atoms with Crippen LogP contribution in [0.1, 0.15) is 26.7 Å². The highest BCUT2D eigenvalue weighted by Crippen LogP contribution is 2.18. The predicted octanol–water partition coefficient (Wildman–Crippen LogP) is 2.61. The van der Waals surface area contributed by atoms with Crippen molar-refractivity contribution in [3.8, 4) is 5.75 Å². The molecule has 0 heterocycles. The Kier molecular flexibility index (Phi) is 6.56. The van der Waals surface area contributed by atoms with Crippen molar-refractivity contribution in [2.24, 2.45) is 5.92 Å². The zero-order valence-corrected chi connectivity index (χ0v) is 12.1. The lowest BCUT2D eigenvalue weighted by atomic mass is 10.1. The molecule has 1 amide bonds. The normalized spacial score (nSPS) is 11.6. The zero-order valence-electron chi connectivity index (χ0n) is 12.1. The van der Waals surface area contributed by atoms with E-state index in [-0.39, 0.29) is 18.4 Å². The van der Waals surface area contributed by atoms with Gasteiger partial charge in [-0.3, -0.25) is 4.79 Å². The van der Waals surface area contributed by atoms with Gasteiger partial charge in [0, 0.05) is 17.7 Å². The van der Waals surface area contributed by atoms with Crippen molar-refractivity contribution in [1.29, 1.82) is 0 Å². The van der Waals surface area contributed by atoms with Gasteiger partial charge in [0.1, 0.15) is 5.75 Å². The molecule has 5 nitrogen and oxygen atoms in total. The summed E-state index contributed by atoms with van der Waals surface area (Å²) < 4.78 is 9.75. The Bertz CT molecular complexity index is 459. The van der Waals surface area contributed by atoms with Crippen molar-refractivity contribution in [3.05, 3.63) is 24.3 Å². The van der Waals surface area contributed by atoms with Crippen LogP contribution in [0.5, 0.6) is 5.75 Å². The van der Waals surface area contributed by atoms with Gasteiger partial charge in [-0.25, -0.2) is 4.79 Å². The van der Waals surface area contributed by atoms with Crippen molar-refractivity contribution in [1.82, 2.24) is 0 Å². The number of esters is 1. The molecule has 1 N–H and O–H groups in total. The lowest BCUT2D eigenvalue weighted by molar-refractivity contribution is -0.142. The molecule has 0 saturated carbocycles. The number of rotatable bonds is 7. The summed E-state index contributed by atoms with van der Waals surface area (Å²) in [6.45, 7) is 3.79. The van der Waals surface area contributed by atoms with E-state index in [1.54, 1.807) is 24.3 Å². The maximum absolute atomic E-state index is 11.9. The molecule has 0 spiro atoms. The molecule has 0 aromatic heterocycles. The van der Waals surface area contributed by atoms with E-state index in [0.717, 1.165) is 12.8 Å². The van der Waals surface area contributed by atoms with Gasteiger partial charge in [-0.2, -0.15) is 0 Å². The summed E-state index contributed by atoms with van der Waals surface area (Å²) in [6, 6.07) is 6.93. The topological polar surface area (TPSA) is 64.6 Å². The molecule has 110 valence electrons. The molecule has 1 aromatic carbocycles. The smallest absolute Gasteiger partial charge is 0.343 e. The largest absolute Gasteiger partial charge is 0.482 e. The standard InChI is InChI=1S/C15H21NO4/c1-4-6-11(2)15(18)16-12-7-5-8-13(9-12)20-10-14(17)19-3/h5,7-9,11H,4,6,10H2,1-3H3,(H,16,18). The van der Waals surface area contributed by atoms with Crippen LogP contribution in [0.25, 0.3) is 0 Å². The number of hydrogen-bond donors (Lipinski definition) is 1. The number of methoxy groups -OCH3 is 1. The van der Waals surface area contributed by atoms with Gasteiger partial charge in [-0.15, -0.1) is 0 Å². The fourth-order valence-electron chi connectivity index (χ4n) is 1.69. The van der Waals surface area contributed by atoms with Crippen molar-refractivity contribution < 1.29 is 19.1 Å². The number of hydrogen-bond acceptors (Lipinski definition) is 4. The van der Waals surface area contributed by atoms with Crippen molar-refractivity contribution in [2.75, 3.05) is 19.0 Å². The monoisotopic (exact) mass is 279 g/mol. The first-order chi connectivity index (χ1) is 9.56. The molecule has 0 radical (unpaired) electrons. The lowest BCUT2D eigenvalue weighted by Crippen LogP contribution is -2.20. The second kappa shape index (κ2) is 8.19. The molecule has 1 rings (SSSR count). The number of nitrogens with one attached hydrogen (secondary N) is 1. The second-order valence-corrected chi connectivity index (χ2v) is 4.57. The number of benzene rings is 1. The van der Waals surface area contributed by atoms with Gasteiger partial charge in [-0.1, -0.05) is 26.3 Å². The Morgan fingerprint density at radius 2 is 2.10 bits per heavy atom. The van der Waals surface area contributed by atoms with Crippen LogP contribution in [0.15, 0.2) is 24.3 Å². The molecule has 0 aliphatic heterocycles. The van der Waals surface area contributed by atoms with E-state index < -0.39 is 5.97 Å². The van der Waals surface area contributed by atoms with E-state index >= 15 is 0 Å². The molecule has 0 bridgehead atoms. The lowest BCUT2D eigenvalue weighted by Gasteiger charge is -2.12. The third kappa shape index (κ3) is 5.30. The van der Waals surface area contributed by atoms with Crippen molar-refractivity contribution >= 4 is 17.6 Å². The van der Waals surface area contributed by atoms with Gasteiger partial charge in [0.25, 0.3) is 0 Å². The highest BCUT2D eigenvalue weighted by atomic mass is 16.6. The van der Waals surface area contributed by atoms with Gasteiger partial charge < -0.3 is 14.8 Å². The number of carbonyl (C=O) groups is 2. The first kappa shape index (κ1) is 16.0. The zero-order chi connectivity index (χ0) is 15.0. The summed E-state index contributed by atoms with van der Waals surface area (Å²) >= 11 is 0. The Labute approximate surface area is 119 Å². The van der Waals surface area contributed by atoms with Crippen LogP contribution in [0, 0.1) is 5.92 Å². The number of amides is 1. The molecule has 1 unspecified atom stereocenters. The van der Waals surface area contributed by atoms with Crippen molar-refractivity contribution in [2.45, 2.75) is 26.7 Å². The third-order valence-corrected chi connectivity index (χ3v) is 2.86. The SMILES string of the molecule is CCCC(C)C(=O)Nc1cccc(OCC(=O)OC)c1. The Hall–Kier alpha value is -2.04. The van der Waals surface area contributed by atoms with E-state index in [1.807, 2.05) is 13.8 Å². The molecule has 0 aliphatic carbocycles. The minimum Gasteiger partial charge on any atom is -0.482 e. The summed E-state index contributed by atoms with van der Waals surface area (Å²) in [6.07, 6.45) is 1.82. The minimum absolute atomic E-state index is 0.0167. The maximum Gasteiger partial charge on any atom is 0.343 e. The fraction of sp³-hybridized carbons (Fsp3) is 0.467. The van der Waals surface area contributed by atoms with Crippen LogP contribution < -0.4 is 10.1 Å². The molecular formula is C15H21NO4. The molecule has 1 atom stereocenters. The summed E-state index contributed by atoms with van der Waals surface area (Å²) in [7, 11) is 1.30. The Morgan fingerprint density at radius 3 is 2.75 bits per heavy atom. The quantitative estimate of drug-likeness (QED) is 0.779. The number of ether oxygens (including phenoxy) is 2. The summed E-state index contributed by atoms with van der Waals surface area (Å²) in [4.78, 5) is 22.9. The van der Waals surface area contributed by atoms with Gasteiger partial charge in [0.15, 0.2) is 6.61 Å². The highest BCUT2D eigenvalue weighted by Gasteiger charge is 2.12. The molecular weight excluding hydrogens is 258 g/mol. The van der Waals surface area contributed by atoms with Gasteiger partial charge >= 0.3 is 5.97 Å². The van der Waals surface area contributed by atoms with Crippen LogP contribution in [0.2, 0.25) is 0 Å². The first-order valence-corrected chi connectivity index (χ1v) is 6.67. The molecule has 0 aliphatic rings. The molecule has 0 saturated heterocycles. The van der Waals surface area contributed by atoms with Gasteiger partial charge in [0.05, 0.1) is 7.11 Å². The summed E-state index contributed by atoms with van der Waals surface area (Å²) in [5.74, 6) is 0.0176. The van der Waals surface area contributed by atoms with Crippen LogP contribution in [-0.2, 0) is 14.3 Å². The summed E-state index contributed by atoms with van der Waals surface area (Å²) in [5.41, 5.74) is 0.653. The van der Waals surface area contributed by atoms with E-state index in [0.29, 0.717) is 11.4 Å². The third-order valence-electron chi connectivity index (χ3n) is 2.86. The average molecular weight is 279 g/mol. The molecule has 0 fully saturated rings. The average Bonchev–Trinajstić information content (AvgIpc) is 2.45. The number of carbonyl (C=O) groups excluding carboxylic acids is 2. The molecule has 20 heavy (non-hydrogen) atoms. The molecule has 1 aromatic rings. The first-order valence-electron chi connectivity index (χ1n) is 6.67. The van der Waals surface area contributed by atoms with Crippen LogP contribution >= 0.6 is 0 Å². The highest BCUT2D eigenvalue weighted by molar-refractivity contribution is 5.92. The van der Waals surface area contributed by atoms with E-state index in [2.05, 4.69) is 10.1 Å². The van der Waals surface area contributed by atoms with Crippen molar-refractivity contribution in [3.63, 3.8) is 0 Å². The van der Waals surface area contributed by atoms with Crippen LogP contribution in [0.3, 0.4) is 0 Å². The predicted molar refractivity (Wildman–Crippen MR) is 76.7 cm³/mol. The Morgan fingerprint density at radius 1 is 1.35 bits per heavy atom.